The van der Waals surface area contributed by atoms with E-state index in [-0.39, 0.29) is 16.5 Å². The summed E-state index contributed by atoms with van der Waals surface area (Å²) in [5.74, 6) is -1.06. The smallest absolute Gasteiger partial charge is 0.267 e. The van der Waals surface area contributed by atoms with E-state index in [1.165, 1.54) is 24.3 Å². The SMILES string of the molecule is O=C(NNC(=O)c1cccc(S(=O)(=O)NC2CCCC2)c1)c1ccccc1. The van der Waals surface area contributed by atoms with Gasteiger partial charge in [-0.15, -0.1) is 0 Å². The maximum Gasteiger partial charge on any atom is 0.269 e. The molecule has 0 atom stereocenters. The lowest BCUT2D eigenvalue weighted by Gasteiger charge is -2.13. The Labute approximate surface area is 158 Å². The molecule has 0 aliphatic heterocycles. The van der Waals surface area contributed by atoms with Crippen LogP contribution in [0, 0.1) is 0 Å². The van der Waals surface area contributed by atoms with Gasteiger partial charge in [-0.2, -0.15) is 0 Å². The van der Waals surface area contributed by atoms with Crippen molar-refractivity contribution in [3.63, 3.8) is 0 Å². The first-order chi connectivity index (χ1) is 13.0. The molecule has 3 N–H and O–H groups in total. The minimum Gasteiger partial charge on any atom is -0.267 e. The van der Waals surface area contributed by atoms with Crippen molar-refractivity contribution in [2.24, 2.45) is 0 Å². The Bertz CT molecular complexity index is 923. The number of hydrogen-bond donors (Lipinski definition) is 3. The molecule has 7 nitrogen and oxygen atoms in total. The molecule has 2 aromatic carbocycles. The number of hydrazine groups is 1. The van der Waals surface area contributed by atoms with Crippen LogP contribution in [-0.4, -0.2) is 26.3 Å². The van der Waals surface area contributed by atoms with Crippen LogP contribution in [-0.2, 0) is 10.0 Å². The van der Waals surface area contributed by atoms with Gasteiger partial charge in [-0.3, -0.25) is 20.4 Å². The number of hydrogen-bond acceptors (Lipinski definition) is 4. The van der Waals surface area contributed by atoms with Gasteiger partial charge in [0.05, 0.1) is 4.90 Å². The van der Waals surface area contributed by atoms with Crippen molar-refractivity contribution in [3.05, 3.63) is 65.7 Å². The summed E-state index contributed by atoms with van der Waals surface area (Å²) in [6.07, 6.45) is 3.67. The minimum atomic E-state index is -3.69. The van der Waals surface area contributed by atoms with Gasteiger partial charge in [-0.1, -0.05) is 37.1 Å². The van der Waals surface area contributed by atoms with Crippen LogP contribution in [0.25, 0.3) is 0 Å². The maximum atomic E-state index is 12.5. The van der Waals surface area contributed by atoms with Crippen LogP contribution in [0.4, 0.5) is 0 Å². The van der Waals surface area contributed by atoms with E-state index in [1.54, 1.807) is 30.3 Å². The molecule has 0 unspecified atom stereocenters. The second-order valence-electron chi connectivity index (χ2n) is 6.40. The monoisotopic (exact) mass is 387 g/mol. The van der Waals surface area contributed by atoms with Crippen molar-refractivity contribution in [1.29, 1.82) is 0 Å². The molecule has 1 saturated carbocycles. The molecule has 0 saturated heterocycles. The Morgan fingerprint density at radius 3 is 2.07 bits per heavy atom. The van der Waals surface area contributed by atoms with Gasteiger partial charge in [-0.25, -0.2) is 13.1 Å². The number of carbonyl (C=O) groups excluding carboxylic acids is 2. The summed E-state index contributed by atoms with van der Waals surface area (Å²) in [7, 11) is -3.69. The minimum absolute atomic E-state index is 0.0245. The van der Waals surface area contributed by atoms with Crippen LogP contribution in [0.15, 0.2) is 59.5 Å². The van der Waals surface area contributed by atoms with Gasteiger partial charge in [0.15, 0.2) is 0 Å². The lowest BCUT2D eigenvalue weighted by molar-refractivity contribution is 0.0846. The zero-order chi connectivity index (χ0) is 19.3. The molecule has 0 heterocycles. The van der Waals surface area contributed by atoms with Gasteiger partial charge in [0.2, 0.25) is 10.0 Å². The molecule has 8 heteroatoms. The molecule has 1 aliphatic carbocycles. The van der Waals surface area contributed by atoms with E-state index in [9.17, 15) is 18.0 Å². The zero-order valence-corrected chi connectivity index (χ0v) is 15.5. The van der Waals surface area contributed by atoms with Gasteiger partial charge >= 0.3 is 0 Å². The Morgan fingerprint density at radius 2 is 1.41 bits per heavy atom. The van der Waals surface area contributed by atoms with Gasteiger partial charge in [0, 0.05) is 17.2 Å². The summed E-state index contributed by atoms with van der Waals surface area (Å²) in [6.45, 7) is 0. The Balaban J connectivity index is 1.65. The predicted molar refractivity (Wildman–Crippen MR) is 100 cm³/mol. The summed E-state index contributed by atoms with van der Waals surface area (Å²) < 4.78 is 27.7. The summed E-state index contributed by atoms with van der Waals surface area (Å²) in [5.41, 5.74) is 5.14. The number of sulfonamides is 1. The van der Waals surface area contributed by atoms with Crippen molar-refractivity contribution in [1.82, 2.24) is 15.6 Å². The van der Waals surface area contributed by atoms with Crippen LogP contribution < -0.4 is 15.6 Å². The first-order valence-electron chi connectivity index (χ1n) is 8.74. The Kier molecular flexibility index (Phi) is 5.88. The van der Waals surface area contributed by atoms with Crippen LogP contribution in [0.1, 0.15) is 46.4 Å². The largest absolute Gasteiger partial charge is 0.269 e. The summed E-state index contributed by atoms with van der Waals surface area (Å²) >= 11 is 0. The van der Waals surface area contributed by atoms with E-state index in [4.69, 9.17) is 0 Å². The summed E-state index contributed by atoms with van der Waals surface area (Å²) in [5, 5.41) is 0. The molecule has 0 aromatic heterocycles. The number of benzene rings is 2. The molecule has 1 fully saturated rings. The van der Waals surface area contributed by atoms with Crippen LogP contribution in [0.2, 0.25) is 0 Å². The van der Waals surface area contributed by atoms with Crippen molar-refractivity contribution in [3.8, 4) is 0 Å². The number of carbonyl (C=O) groups is 2. The molecule has 142 valence electrons. The van der Waals surface area contributed by atoms with Crippen molar-refractivity contribution in [2.45, 2.75) is 36.6 Å². The van der Waals surface area contributed by atoms with Crippen LogP contribution in [0.5, 0.6) is 0 Å². The summed E-state index contributed by atoms with van der Waals surface area (Å²) in [4.78, 5) is 24.3. The second-order valence-corrected chi connectivity index (χ2v) is 8.12. The van der Waals surface area contributed by atoms with Gasteiger partial charge in [0.1, 0.15) is 0 Å². The molecule has 1 aliphatic rings. The average molecular weight is 387 g/mol. The van der Waals surface area contributed by atoms with Gasteiger partial charge < -0.3 is 0 Å². The Hall–Kier alpha value is -2.71. The molecule has 27 heavy (non-hydrogen) atoms. The molecule has 2 amide bonds. The fraction of sp³-hybridized carbons (Fsp3) is 0.263. The second kappa shape index (κ2) is 8.32. The van der Waals surface area contributed by atoms with Crippen molar-refractivity contribution >= 4 is 21.8 Å². The molecule has 2 aromatic rings. The highest BCUT2D eigenvalue weighted by molar-refractivity contribution is 7.89. The third kappa shape index (κ3) is 4.93. The average Bonchev–Trinajstić information content (AvgIpc) is 3.19. The van der Waals surface area contributed by atoms with E-state index in [2.05, 4.69) is 15.6 Å². The fourth-order valence-electron chi connectivity index (χ4n) is 2.98. The third-order valence-corrected chi connectivity index (χ3v) is 5.93. The Morgan fingerprint density at radius 1 is 0.815 bits per heavy atom. The van der Waals surface area contributed by atoms with E-state index in [1.807, 2.05) is 0 Å². The molecular weight excluding hydrogens is 366 g/mol. The molecular formula is C19H21N3O4S. The van der Waals surface area contributed by atoms with Crippen LogP contribution >= 0.6 is 0 Å². The maximum absolute atomic E-state index is 12.5. The lowest BCUT2D eigenvalue weighted by Crippen LogP contribution is -2.41. The normalized spacial score (nSPS) is 14.7. The standard InChI is InChI=1S/C19H21N3O4S/c23-18(14-7-2-1-3-8-14)20-21-19(24)15-9-6-12-17(13-15)27(25,26)22-16-10-4-5-11-16/h1-3,6-9,12-13,16,22H,4-5,10-11H2,(H,20,23)(H,21,24). The van der Waals surface area contributed by atoms with E-state index in [0.29, 0.717) is 5.56 Å². The highest BCUT2D eigenvalue weighted by Gasteiger charge is 2.23. The van der Waals surface area contributed by atoms with Gasteiger partial charge in [-0.05, 0) is 43.2 Å². The highest BCUT2D eigenvalue weighted by atomic mass is 32.2. The summed E-state index contributed by atoms with van der Waals surface area (Å²) in [6, 6.07) is 14.1. The van der Waals surface area contributed by atoms with Crippen LogP contribution in [0.3, 0.4) is 0 Å². The first kappa shape index (κ1) is 19.1. The van der Waals surface area contributed by atoms with Crippen molar-refractivity contribution in [2.75, 3.05) is 0 Å². The van der Waals surface area contributed by atoms with Gasteiger partial charge in [0.25, 0.3) is 11.8 Å². The van der Waals surface area contributed by atoms with E-state index >= 15 is 0 Å². The number of nitrogens with one attached hydrogen (secondary N) is 3. The number of rotatable bonds is 5. The number of amides is 2. The molecule has 3 rings (SSSR count). The predicted octanol–water partition coefficient (Wildman–Crippen LogP) is 1.98. The highest BCUT2D eigenvalue weighted by Crippen LogP contribution is 2.20. The lowest BCUT2D eigenvalue weighted by atomic mass is 10.2. The quantitative estimate of drug-likeness (QED) is 0.682. The van der Waals surface area contributed by atoms with E-state index in [0.717, 1.165) is 25.7 Å². The van der Waals surface area contributed by atoms with Crippen molar-refractivity contribution < 1.29 is 18.0 Å². The molecule has 0 radical (unpaired) electrons. The van der Waals surface area contributed by atoms with E-state index < -0.39 is 21.8 Å². The first-order valence-corrected chi connectivity index (χ1v) is 10.2. The molecule has 0 spiro atoms. The topological polar surface area (TPSA) is 104 Å². The third-order valence-electron chi connectivity index (χ3n) is 4.41. The molecule has 0 bridgehead atoms. The zero-order valence-electron chi connectivity index (χ0n) is 14.6. The fourth-order valence-corrected chi connectivity index (χ4v) is 4.33.